The van der Waals surface area contributed by atoms with Crippen molar-refractivity contribution in [3.8, 4) is 5.69 Å². The number of hydrogen-bond acceptors (Lipinski definition) is 3. The number of anilines is 1. The van der Waals surface area contributed by atoms with Crippen LogP contribution in [-0.2, 0) is 0 Å². The van der Waals surface area contributed by atoms with Crippen molar-refractivity contribution in [2.45, 2.75) is 0 Å². The van der Waals surface area contributed by atoms with E-state index >= 15 is 0 Å². The van der Waals surface area contributed by atoms with Crippen LogP contribution >= 0.6 is 0 Å². The second-order valence-corrected chi connectivity index (χ2v) is 4.20. The maximum atomic E-state index is 11.3. The van der Waals surface area contributed by atoms with Gasteiger partial charge in [-0.2, -0.15) is 5.10 Å². The van der Waals surface area contributed by atoms with Crippen LogP contribution in [0.15, 0.2) is 48.7 Å². The van der Waals surface area contributed by atoms with Gasteiger partial charge in [0.15, 0.2) is 0 Å². The van der Waals surface area contributed by atoms with Crippen molar-refractivity contribution < 1.29 is 9.90 Å². The van der Waals surface area contributed by atoms with Crippen LogP contribution in [0.5, 0.6) is 0 Å². The Morgan fingerprint density at radius 2 is 2.00 bits per heavy atom. The monoisotopic (exact) mass is 253 g/mol. The molecule has 5 heteroatoms. The van der Waals surface area contributed by atoms with E-state index in [0.717, 1.165) is 10.9 Å². The average molecular weight is 253 g/mol. The first-order valence-corrected chi connectivity index (χ1v) is 5.73. The first kappa shape index (κ1) is 11.3. The van der Waals surface area contributed by atoms with Crippen LogP contribution in [0.2, 0.25) is 0 Å². The molecule has 0 saturated heterocycles. The minimum absolute atomic E-state index is 0.169. The van der Waals surface area contributed by atoms with E-state index in [0.29, 0.717) is 11.4 Å². The van der Waals surface area contributed by atoms with Gasteiger partial charge in [-0.25, -0.2) is 9.48 Å². The lowest BCUT2D eigenvalue weighted by Crippen LogP contribution is -2.07. The molecule has 0 atom stereocenters. The zero-order valence-corrected chi connectivity index (χ0v) is 9.95. The van der Waals surface area contributed by atoms with Gasteiger partial charge in [-0.15, -0.1) is 0 Å². The lowest BCUT2D eigenvalue weighted by Gasteiger charge is -2.08. The van der Waals surface area contributed by atoms with Gasteiger partial charge in [0.2, 0.25) is 0 Å². The molecule has 5 nitrogen and oxygen atoms in total. The van der Waals surface area contributed by atoms with E-state index in [4.69, 9.17) is 5.73 Å². The van der Waals surface area contributed by atoms with E-state index in [9.17, 15) is 9.90 Å². The molecule has 19 heavy (non-hydrogen) atoms. The number of para-hydroxylation sites is 1. The summed E-state index contributed by atoms with van der Waals surface area (Å²) in [6.07, 6.45) is 1.70. The number of aromatic nitrogens is 2. The van der Waals surface area contributed by atoms with Gasteiger partial charge in [0.05, 0.1) is 23.0 Å². The maximum absolute atomic E-state index is 11.3. The first-order chi connectivity index (χ1) is 9.16. The third-order valence-corrected chi connectivity index (χ3v) is 2.96. The Hall–Kier alpha value is -2.82. The lowest BCUT2D eigenvalue weighted by atomic mass is 10.1. The van der Waals surface area contributed by atoms with Crippen molar-refractivity contribution >= 4 is 22.6 Å². The highest BCUT2D eigenvalue weighted by Crippen LogP contribution is 2.23. The quantitative estimate of drug-likeness (QED) is 0.687. The minimum Gasteiger partial charge on any atom is -0.478 e. The third kappa shape index (κ3) is 1.81. The van der Waals surface area contributed by atoms with Gasteiger partial charge in [-0.3, -0.25) is 0 Å². The fraction of sp³-hybridized carbons (Fsp3) is 0. The maximum Gasteiger partial charge on any atom is 0.337 e. The number of rotatable bonds is 2. The number of carbonyl (C=O) groups is 1. The summed E-state index contributed by atoms with van der Waals surface area (Å²) in [6, 6.07) is 12.3. The largest absolute Gasteiger partial charge is 0.478 e. The van der Waals surface area contributed by atoms with Crippen molar-refractivity contribution in [2.75, 3.05) is 5.73 Å². The highest BCUT2D eigenvalue weighted by molar-refractivity contribution is 5.94. The molecule has 3 rings (SSSR count). The number of nitrogens with two attached hydrogens (primary N) is 1. The summed E-state index contributed by atoms with van der Waals surface area (Å²) >= 11 is 0. The average Bonchev–Trinajstić information content (AvgIpc) is 2.82. The number of carboxylic acid groups (broad SMARTS) is 1. The fourth-order valence-electron chi connectivity index (χ4n) is 2.07. The topological polar surface area (TPSA) is 81.1 Å². The summed E-state index contributed by atoms with van der Waals surface area (Å²) in [4.78, 5) is 11.3. The Morgan fingerprint density at radius 1 is 1.21 bits per heavy atom. The van der Waals surface area contributed by atoms with Gasteiger partial charge < -0.3 is 10.8 Å². The number of nitrogens with zero attached hydrogens (tertiary/aromatic N) is 2. The second kappa shape index (κ2) is 4.13. The number of benzene rings is 2. The number of nitrogen functional groups attached to an aromatic ring is 1. The number of aromatic carboxylic acids is 1. The molecular formula is C14H11N3O2. The standard InChI is InChI=1S/C14H11N3O2/c15-10-5-6-11(14(18)19)13(7-10)17-12-4-2-1-3-9(12)8-16-17/h1-8H,15H2,(H,18,19). The molecule has 0 fully saturated rings. The van der Waals surface area contributed by atoms with Gasteiger partial charge in [0.1, 0.15) is 0 Å². The number of carboxylic acids is 1. The van der Waals surface area contributed by atoms with Gasteiger partial charge in [-0.05, 0) is 24.3 Å². The molecule has 0 aliphatic heterocycles. The zero-order valence-electron chi connectivity index (χ0n) is 9.95. The van der Waals surface area contributed by atoms with Crippen molar-refractivity contribution in [1.82, 2.24) is 9.78 Å². The van der Waals surface area contributed by atoms with E-state index in [1.807, 2.05) is 24.3 Å². The number of fused-ring (bicyclic) bond motifs is 1. The normalized spacial score (nSPS) is 10.7. The second-order valence-electron chi connectivity index (χ2n) is 4.20. The summed E-state index contributed by atoms with van der Waals surface area (Å²) in [5, 5.41) is 14.4. The first-order valence-electron chi connectivity index (χ1n) is 5.73. The molecule has 0 saturated carbocycles. The van der Waals surface area contributed by atoms with E-state index < -0.39 is 5.97 Å². The van der Waals surface area contributed by atoms with Crippen molar-refractivity contribution in [2.24, 2.45) is 0 Å². The van der Waals surface area contributed by atoms with Crippen LogP contribution in [0.4, 0.5) is 5.69 Å². The van der Waals surface area contributed by atoms with Crippen LogP contribution in [0.3, 0.4) is 0 Å². The molecule has 2 aromatic carbocycles. The van der Waals surface area contributed by atoms with Crippen LogP contribution in [0.25, 0.3) is 16.6 Å². The van der Waals surface area contributed by atoms with E-state index in [2.05, 4.69) is 5.10 Å². The smallest absolute Gasteiger partial charge is 0.337 e. The SMILES string of the molecule is Nc1ccc(C(=O)O)c(-n2ncc3ccccc32)c1. The van der Waals surface area contributed by atoms with Gasteiger partial charge in [0, 0.05) is 11.1 Å². The van der Waals surface area contributed by atoms with Crippen LogP contribution in [0.1, 0.15) is 10.4 Å². The molecule has 94 valence electrons. The summed E-state index contributed by atoms with van der Waals surface area (Å²) < 4.78 is 1.59. The van der Waals surface area contributed by atoms with E-state index in [-0.39, 0.29) is 5.56 Å². The molecule has 0 aliphatic rings. The summed E-state index contributed by atoms with van der Waals surface area (Å²) in [5.41, 5.74) is 7.72. The Kier molecular flexibility index (Phi) is 2.45. The summed E-state index contributed by atoms with van der Waals surface area (Å²) in [7, 11) is 0. The van der Waals surface area contributed by atoms with Crippen molar-refractivity contribution in [1.29, 1.82) is 0 Å². The molecule has 0 aliphatic carbocycles. The van der Waals surface area contributed by atoms with E-state index in [1.165, 1.54) is 6.07 Å². The molecule has 1 heterocycles. The summed E-state index contributed by atoms with van der Waals surface area (Å²) in [6.45, 7) is 0. The number of hydrogen-bond donors (Lipinski definition) is 2. The minimum atomic E-state index is -1.01. The van der Waals surface area contributed by atoms with Gasteiger partial charge in [-0.1, -0.05) is 18.2 Å². The Balaban J connectivity index is 2.32. The zero-order chi connectivity index (χ0) is 13.4. The van der Waals surface area contributed by atoms with Crippen LogP contribution in [-0.4, -0.2) is 20.9 Å². The van der Waals surface area contributed by atoms with Crippen molar-refractivity contribution in [3.05, 3.63) is 54.2 Å². The molecule has 3 N–H and O–H groups in total. The predicted octanol–water partition coefficient (Wildman–Crippen LogP) is 2.31. The molecule has 0 radical (unpaired) electrons. The third-order valence-electron chi connectivity index (χ3n) is 2.96. The van der Waals surface area contributed by atoms with Gasteiger partial charge >= 0.3 is 5.97 Å². The predicted molar refractivity (Wildman–Crippen MR) is 72.4 cm³/mol. The van der Waals surface area contributed by atoms with Crippen LogP contribution in [0, 0.1) is 0 Å². The highest BCUT2D eigenvalue weighted by atomic mass is 16.4. The molecule has 0 spiro atoms. The van der Waals surface area contributed by atoms with Crippen molar-refractivity contribution in [3.63, 3.8) is 0 Å². The Bertz CT molecular complexity index is 777. The fourth-order valence-corrected chi connectivity index (χ4v) is 2.07. The van der Waals surface area contributed by atoms with Crippen LogP contribution < -0.4 is 5.73 Å². The Morgan fingerprint density at radius 3 is 2.79 bits per heavy atom. The van der Waals surface area contributed by atoms with Gasteiger partial charge in [0.25, 0.3) is 0 Å². The molecular weight excluding hydrogens is 242 g/mol. The molecule has 0 unspecified atom stereocenters. The highest BCUT2D eigenvalue weighted by Gasteiger charge is 2.14. The molecule has 0 amide bonds. The Labute approximate surface area is 108 Å². The lowest BCUT2D eigenvalue weighted by molar-refractivity contribution is 0.0697. The molecule has 0 bridgehead atoms. The summed E-state index contributed by atoms with van der Waals surface area (Å²) in [5.74, 6) is -1.01. The van der Waals surface area contributed by atoms with E-state index in [1.54, 1.807) is 23.0 Å². The molecule has 1 aromatic heterocycles. The molecule has 3 aromatic rings.